The van der Waals surface area contributed by atoms with Gasteiger partial charge >= 0.3 is 5.97 Å². The van der Waals surface area contributed by atoms with Gasteiger partial charge in [-0.2, -0.15) is 0 Å². The highest BCUT2D eigenvalue weighted by Crippen LogP contribution is 2.33. The molecule has 0 aliphatic heterocycles. The number of sulfonamides is 1. The van der Waals surface area contributed by atoms with Crippen molar-refractivity contribution in [2.45, 2.75) is 20.8 Å². The maximum Gasteiger partial charge on any atom is 0.335 e. The number of carbonyl (C=O) groups is 1. The Morgan fingerprint density at radius 2 is 1.70 bits per heavy atom. The van der Waals surface area contributed by atoms with Gasteiger partial charge in [0.25, 0.3) is 0 Å². The van der Waals surface area contributed by atoms with Crippen LogP contribution in [0.5, 0.6) is 0 Å². The molecule has 112 valence electrons. The van der Waals surface area contributed by atoms with Gasteiger partial charge < -0.3 is 5.11 Å². The molecule has 0 radical (unpaired) electrons. The first kappa shape index (κ1) is 17.1. The van der Waals surface area contributed by atoms with Crippen LogP contribution in [-0.4, -0.2) is 25.2 Å². The van der Waals surface area contributed by atoms with Crippen molar-refractivity contribution in [3.05, 3.63) is 27.7 Å². The van der Waals surface area contributed by atoms with Crippen LogP contribution in [0.15, 0.2) is 12.1 Å². The van der Waals surface area contributed by atoms with E-state index in [1.807, 2.05) is 0 Å². The largest absolute Gasteiger partial charge is 0.478 e. The standard InChI is InChI=1S/C12H15Cl2NO4S/c1-12(2,3)6-20(18,19)15-10-8(13)4-7(11(16)17)5-9(10)14/h4-5,15H,6H2,1-3H3,(H,16,17). The van der Waals surface area contributed by atoms with Gasteiger partial charge in [0.2, 0.25) is 10.0 Å². The summed E-state index contributed by atoms with van der Waals surface area (Å²) in [5, 5.41) is 8.73. The van der Waals surface area contributed by atoms with Crippen LogP contribution >= 0.6 is 23.2 Å². The van der Waals surface area contributed by atoms with Crippen molar-refractivity contribution in [2.24, 2.45) is 5.41 Å². The minimum atomic E-state index is -3.64. The van der Waals surface area contributed by atoms with Crippen molar-refractivity contribution < 1.29 is 18.3 Å². The normalized spacial score (nSPS) is 12.2. The van der Waals surface area contributed by atoms with E-state index in [1.165, 1.54) is 0 Å². The molecular weight excluding hydrogens is 325 g/mol. The second kappa shape index (κ2) is 5.79. The van der Waals surface area contributed by atoms with Crippen molar-refractivity contribution in [3.63, 3.8) is 0 Å². The lowest BCUT2D eigenvalue weighted by atomic mass is 10.0. The molecule has 0 aromatic heterocycles. The maximum absolute atomic E-state index is 12.0. The summed E-state index contributed by atoms with van der Waals surface area (Å²) in [5.41, 5.74) is -0.562. The molecule has 2 N–H and O–H groups in total. The fraction of sp³-hybridized carbons (Fsp3) is 0.417. The topological polar surface area (TPSA) is 83.5 Å². The van der Waals surface area contributed by atoms with E-state index in [-0.39, 0.29) is 27.0 Å². The summed E-state index contributed by atoms with van der Waals surface area (Å²) in [5.74, 6) is -1.31. The molecule has 0 bridgehead atoms. The van der Waals surface area contributed by atoms with E-state index >= 15 is 0 Å². The van der Waals surface area contributed by atoms with E-state index in [4.69, 9.17) is 28.3 Å². The fourth-order valence-electron chi connectivity index (χ4n) is 1.56. The van der Waals surface area contributed by atoms with E-state index in [9.17, 15) is 13.2 Å². The van der Waals surface area contributed by atoms with Crippen molar-refractivity contribution in [1.82, 2.24) is 0 Å². The number of carboxylic acids is 1. The van der Waals surface area contributed by atoms with Crippen LogP contribution in [0, 0.1) is 5.41 Å². The van der Waals surface area contributed by atoms with E-state index in [0.29, 0.717) is 0 Å². The zero-order chi connectivity index (χ0) is 15.7. The molecule has 0 saturated heterocycles. The van der Waals surface area contributed by atoms with Crippen molar-refractivity contribution in [1.29, 1.82) is 0 Å². The zero-order valence-corrected chi connectivity index (χ0v) is 13.5. The average Bonchev–Trinajstić information content (AvgIpc) is 2.19. The SMILES string of the molecule is CC(C)(C)CS(=O)(=O)Nc1c(Cl)cc(C(=O)O)cc1Cl. The van der Waals surface area contributed by atoms with Crippen molar-refractivity contribution >= 4 is 44.9 Å². The van der Waals surface area contributed by atoms with Crippen molar-refractivity contribution in [3.8, 4) is 0 Å². The summed E-state index contributed by atoms with van der Waals surface area (Å²) >= 11 is 11.8. The number of hydrogen-bond acceptors (Lipinski definition) is 3. The Balaban J connectivity index is 3.14. The first-order chi connectivity index (χ1) is 8.91. The Kier molecular flexibility index (Phi) is 4.94. The third-order valence-corrected chi connectivity index (χ3v) is 4.53. The third kappa shape index (κ3) is 4.85. The minimum Gasteiger partial charge on any atom is -0.478 e. The number of aromatic carboxylic acids is 1. The average molecular weight is 340 g/mol. The molecule has 1 aromatic rings. The van der Waals surface area contributed by atoms with Crippen LogP contribution in [0.3, 0.4) is 0 Å². The molecule has 0 fully saturated rings. The number of nitrogens with one attached hydrogen (secondary N) is 1. The van der Waals surface area contributed by atoms with E-state index in [2.05, 4.69) is 4.72 Å². The number of carboxylic acid groups (broad SMARTS) is 1. The van der Waals surface area contributed by atoms with Gasteiger partial charge in [-0.1, -0.05) is 44.0 Å². The predicted molar refractivity (Wildman–Crippen MR) is 80.3 cm³/mol. The molecule has 1 aromatic carbocycles. The fourth-order valence-corrected chi connectivity index (χ4v) is 3.99. The summed E-state index contributed by atoms with van der Waals surface area (Å²) in [6, 6.07) is 2.29. The highest BCUT2D eigenvalue weighted by molar-refractivity contribution is 7.92. The molecule has 0 aliphatic carbocycles. The lowest BCUT2D eigenvalue weighted by molar-refractivity contribution is 0.0697. The summed E-state index contributed by atoms with van der Waals surface area (Å²) in [4.78, 5) is 10.8. The molecule has 0 aliphatic rings. The second-order valence-corrected chi connectivity index (χ2v) is 8.08. The second-order valence-electron chi connectivity index (χ2n) is 5.54. The molecule has 0 saturated carbocycles. The third-order valence-electron chi connectivity index (χ3n) is 2.17. The number of rotatable bonds is 4. The zero-order valence-electron chi connectivity index (χ0n) is 11.2. The van der Waals surface area contributed by atoms with E-state index < -0.39 is 21.4 Å². The van der Waals surface area contributed by atoms with E-state index in [0.717, 1.165) is 12.1 Å². The van der Waals surface area contributed by atoms with Gasteiger partial charge in [0.15, 0.2) is 0 Å². The van der Waals surface area contributed by atoms with Gasteiger partial charge in [-0.25, -0.2) is 13.2 Å². The van der Waals surface area contributed by atoms with Gasteiger partial charge in [-0.3, -0.25) is 4.72 Å². The van der Waals surface area contributed by atoms with Crippen LogP contribution in [0.1, 0.15) is 31.1 Å². The van der Waals surface area contributed by atoms with Crippen LogP contribution in [-0.2, 0) is 10.0 Å². The van der Waals surface area contributed by atoms with Gasteiger partial charge in [-0.15, -0.1) is 0 Å². The predicted octanol–water partition coefficient (Wildman–Crippen LogP) is 3.48. The van der Waals surface area contributed by atoms with Gasteiger partial charge in [0, 0.05) is 0 Å². The van der Waals surface area contributed by atoms with Crippen LogP contribution in [0.25, 0.3) is 0 Å². The maximum atomic E-state index is 12.0. The molecule has 8 heteroatoms. The molecule has 1 rings (SSSR count). The first-order valence-electron chi connectivity index (χ1n) is 5.64. The first-order valence-corrected chi connectivity index (χ1v) is 8.05. The molecule has 20 heavy (non-hydrogen) atoms. The lowest BCUT2D eigenvalue weighted by Crippen LogP contribution is -2.26. The van der Waals surface area contributed by atoms with Crippen LogP contribution < -0.4 is 4.72 Å². The summed E-state index contributed by atoms with van der Waals surface area (Å²) in [6.45, 7) is 5.34. The van der Waals surface area contributed by atoms with E-state index in [1.54, 1.807) is 20.8 Å². The molecule has 0 unspecified atom stereocenters. The summed E-state index contributed by atoms with van der Waals surface area (Å²) in [6.07, 6.45) is 0. The lowest BCUT2D eigenvalue weighted by Gasteiger charge is -2.19. The Hall–Kier alpha value is -0.980. The molecule has 0 atom stereocenters. The number of benzene rings is 1. The Bertz CT molecular complexity index is 612. The smallest absolute Gasteiger partial charge is 0.335 e. The summed E-state index contributed by atoms with van der Waals surface area (Å²) < 4.78 is 26.3. The Labute approximate surface area is 127 Å². The van der Waals surface area contributed by atoms with Gasteiger partial charge in [0.05, 0.1) is 27.0 Å². The minimum absolute atomic E-state index is 0.0115. The molecule has 0 heterocycles. The number of hydrogen-bond donors (Lipinski definition) is 2. The number of anilines is 1. The molecular formula is C12H15Cl2NO4S. The monoisotopic (exact) mass is 339 g/mol. The molecule has 5 nitrogen and oxygen atoms in total. The highest BCUT2D eigenvalue weighted by atomic mass is 35.5. The van der Waals surface area contributed by atoms with Crippen LogP contribution in [0.4, 0.5) is 5.69 Å². The van der Waals surface area contributed by atoms with Crippen LogP contribution in [0.2, 0.25) is 10.0 Å². The molecule has 0 spiro atoms. The Morgan fingerprint density at radius 3 is 2.05 bits per heavy atom. The van der Waals surface area contributed by atoms with Gasteiger partial charge in [-0.05, 0) is 17.5 Å². The molecule has 0 amide bonds. The Morgan fingerprint density at radius 1 is 1.25 bits per heavy atom. The quantitative estimate of drug-likeness (QED) is 0.879. The van der Waals surface area contributed by atoms with Gasteiger partial charge in [0.1, 0.15) is 0 Å². The van der Waals surface area contributed by atoms with Crippen molar-refractivity contribution in [2.75, 3.05) is 10.5 Å². The number of halogens is 2. The summed E-state index contributed by atoms with van der Waals surface area (Å²) in [7, 11) is -3.64. The highest BCUT2D eigenvalue weighted by Gasteiger charge is 2.23.